The third-order valence-electron chi connectivity index (χ3n) is 5.28. The molecule has 2 aromatic heterocycles. The van der Waals surface area contributed by atoms with Crippen LogP contribution in [0.1, 0.15) is 18.4 Å². The van der Waals surface area contributed by atoms with Crippen molar-refractivity contribution < 1.29 is 4.79 Å². The lowest BCUT2D eigenvalue weighted by Crippen LogP contribution is -2.44. The highest BCUT2D eigenvalue weighted by molar-refractivity contribution is 7.22. The number of urea groups is 1. The lowest BCUT2D eigenvalue weighted by molar-refractivity contribution is 0.221. The summed E-state index contributed by atoms with van der Waals surface area (Å²) in [7, 11) is 4.10. The highest BCUT2D eigenvalue weighted by Gasteiger charge is 2.19. The number of amides is 2. The quantitative estimate of drug-likeness (QED) is 0.681. The van der Waals surface area contributed by atoms with Crippen LogP contribution in [0.15, 0.2) is 36.4 Å². The maximum atomic E-state index is 12.3. The molecule has 0 unspecified atom stereocenters. The van der Waals surface area contributed by atoms with E-state index in [9.17, 15) is 4.79 Å². The number of pyridine rings is 1. The lowest BCUT2D eigenvalue weighted by Gasteiger charge is -2.29. The summed E-state index contributed by atoms with van der Waals surface area (Å²) in [6.07, 6.45) is 1.94. The number of rotatable bonds is 4. The van der Waals surface area contributed by atoms with Gasteiger partial charge in [0.25, 0.3) is 0 Å². The lowest BCUT2D eigenvalue weighted by atomic mass is 10.1. The minimum Gasteiger partial charge on any atom is -0.335 e. The number of thiazole rings is 1. The Hall–Kier alpha value is -2.71. The molecule has 0 atom stereocenters. The topological polar surface area (TPSA) is 73.4 Å². The molecule has 8 heteroatoms. The van der Waals surface area contributed by atoms with Crippen molar-refractivity contribution in [3.8, 4) is 0 Å². The van der Waals surface area contributed by atoms with Gasteiger partial charge in [-0.05, 0) is 64.2 Å². The van der Waals surface area contributed by atoms with E-state index in [4.69, 9.17) is 4.98 Å². The predicted molar refractivity (Wildman–Crippen MR) is 119 cm³/mol. The summed E-state index contributed by atoms with van der Waals surface area (Å²) in [5, 5.41) is 6.48. The summed E-state index contributed by atoms with van der Waals surface area (Å²) in [6, 6.07) is 12.2. The smallest absolute Gasteiger partial charge is 0.321 e. The summed E-state index contributed by atoms with van der Waals surface area (Å²) in [6.45, 7) is 4.09. The highest BCUT2D eigenvalue weighted by atomic mass is 32.1. The number of nitrogens with zero attached hydrogens (tertiary/aromatic N) is 4. The number of fused-ring (bicyclic) bond motifs is 1. The van der Waals surface area contributed by atoms with Crippen molar-refractivity contribution in [2.75, 3.05) is 37.4 Å². The molecule has 2 amide bonds. The molecule has 3 heterocycles. The fraction of sp³-hybridized carbons (Fsp3) is 0.381. The predicted octanol–water partition coefficient (Wildman–Crippen LogP) is 3.98. The minimum absolute atomic E-state index is 0.199. The normalized spacial score (nSPS) is 15.4. The van der Waals surface area contributed by atoms with Crippen molar-refractivity contribution >= 4 is 44.4 Å². The number of nitrogens with one attached hydrogen (secondary N) is 2. The molecule has 152 valence electrons. The second kappa shape index (κ2) is 8.34. The maximum Gasteiger partial charge on any atom is 0.321 e. The Balaban J connectivity index is 1.44. The van der Waals surface area contributed by atoms with Gasteiger partial charge in [0.15, 0.2) is 5.13 Å². The number of carbonyl (C=O) groups is 1. The Labute approximate surface area is 174 Å². The van der Waals surface area contributed by atoms with Gasteiger partial charge in [0.05, 0.1) is 0 Å². The van der Waals surface area contributed by atoms with Crippen molar-refractivity contribution in [2.24, 2.45) is 0 Å². The molecule has 7 nitrogen and oxygen atoms in total. The van der Waals surface area contributed by atoms with E-state index in [1.807, 2.05) is 24.1 Å². The molecule has 0 bridgehead atoms. The standard InChI is InChI=1S/C21H26N6OS/c1-14-4-6-16(7-5-14)27(3)18-9-8-17-19(24-18)29-21(23-17)25-20(28)22-15-10-12-26(2)13-11-15/h4-9,15H,10-13H2,1-3H3,(H2,22,23,25,28). The Morgan fingerprint density at radius 3 is 2.59 bits per heavy atom. The monoisotopic (exact) mass is 410 g/mol. The van der Waals surface area contributed by atoms with E-state index in [0.717, 1.165) is 47.8 Å². The minimum atomic E-state index is -0.199. The summed E-state index contributed by atoms with van der Waals surface area (Å²) >= 11 is 1.39. The van der Waals surface area contributed by atoms with E-state index >= 15 is 0 Å². The largest absolute Gasteiger partial charge is 0.335 e. The fourth-order valence-electron chi connectivity index (χ4n) is 3.42. The van der Waals surface area contributed by atoms with Crippen molar-refractivity contribution in [2.45, 2.75) is 25.8 Å². The third kappa shape index (κ3) is 4.65. The summed E-state index contributed by atoms with van der Waals surface area (Å²) in [5.41, 5.74) is 3.08. The van der Waals surface area contributed by atoms with Gasteiger partial charge >= 0.3 is 6.03 Å². The van der Waals surface area contributed by atoms with Crippen LogP contribution in [0.2, 0.25) is 0 Å². The van der Waals surface area contributed by atoms with Crippen molar-refractivity contribution in [3.05, 3.63) is 42.0 Å². The molecule has 1 aromatic carbocycles. The summed E-state index contributed by atoms with van der Waals surface area (Å²) in [4.78, 5) is 26.7. The maximum absolute atomic E-state index is 12.3. The van der Waals surface area contributed by atoms with Crippen LogP contribution in [0, 0.1) is 6.92 Å². The number of hydrogen-bond acceptors (Lipinski definition) is 6. The van der Waals surface area contributed by atoms with Gasteiger partial charge in [0, 0.05) is 18.8 Å². The van der Waals surface area contributed by atoms with Gasteiger partial charge in [0.1, 0.15) is 16.2 Å². The number of aromatic nitrogens is 2. The van der Waals surface area contributed by atoms with Crippen LogP contribution >= 0.6 is 11.3 Å². The highest BCUT2D eigenvalue weighted by Crippen LogP contribution is 2.29. The van der Waals surface area contributed by atoms with E-state index in [1.165, 1.54) is 16.9 Å². The molecule has 29 heavy (non-hydrogen) atoms. The van der Waals surface area contributed by atoms with E-state index in [2.05, 4.69) is 58.8 Å². The first-order chi connectivity index (χ1) is 14.0. The Morgan fingerprint density at radius 2 is 1.86 bits per heavy atom. The van der Waals surface area contributed by atoms with Gasteiger partial charge in [-0.15, -0.1) is 0 Å². The number of likely N-dealkylation sites (tertiary alicyclic amines) is 1. The van der Waals surface area contributed by atoms with Crippen LogP contribution < -0.4 is 15.5 Å². The van der Waals surface area contributed by atoms with Crippen LogP contribution in [0.5, 0.6) is 0 Å². The molecule has 3 aromatic rings. The molecule has 0 radical (unpaired) electrons. The average Bonchev–Trinajstić information content (AvgIpc) is 3.11. The SMILES string of the molecule is Cc1ccc(N(C)c2ccc3nc(NC(=O)NC4CCN(C)CC4)sc3n2)cc1. The second-order valence-electron chi connectivity index (χ2n) is 7.58. The van der Waals surface area contributed by atoms with Gasteiger partial charge in [-0.1, -0.05) is 29.0 Å². The second-order valence-corrected chi connectivity index (χ2v) is 8.56. The number of hydrogen-bond donors (Lipinski definition) is 2. The number of aryl methyl sites for hydroxylation is 1. The van der Waals surface area contributed by atoms with E-state index in [1.54, 1.807) is 0 Å². The van der Waals surface area contributed by atoms with Crippen molar-refractivity contribution in [1.29, 1.82) is 0 Å². The van der Waals surface area contributed by atoms with Crippen LogP contribution in [0.4, 0.5) is 21.4 Å². The first-order valence-corrected chi connectivity index (χ1v) is 10.6. The molecule has 1 aliphatic heterocycles. The zero-order chi connectivity index (χ0) is 20.4. The average molecular weight is 411 g/mol. The van der Waals surface area contributed by atoms with Gasteiger partial charge in [-0.2, -0.15) is 0 Å². The number of carbonyl (C=O) groups excluding carboxylic acids is 1. The Kier molecular flexibility index (Phi) is 5.64. The van der Waals surface area contributed by atoms with E-state index in [-0.39, 0.29) is 12.1 Å². The number of benzene rings is 1. The fourth-order valence-corrected chi connectivity index (χ4v) is 4.25. The molecular formula is C21H26N6OS. The molecule has 1 saturated heterocycles. The van der Waals surface area contributed by atoms with E-state index in [0.29, 0.717) is 5.13 Å². The van der Waals surface area contributed by atoms with Gasteiger partial charge < -0.3 is 15.1 Å². The van der Waals surface area contributed by atoms with Crippen LogP contribution in [-0.2, 0) is 0 Å². The van der Waals surface area contributed by atoms with Crippen molar-refractivity contribution in [3.63, 3.8) is 0 Å². The Morgan fingerprint density at radius 1 is 1.14 bits per heavy atom. The summed E-state index contributed by atoms with van der Waals surface area (Å²) < 4.78 is 0. The van der Waals surface area contributed by atoms with E-state index < -0.39 is 0 Å². The molecule has 0 aliphatic carbocycles. The zero-order valence-electron chi connectivity index (χ0n) is 17.0. The molecule has 1 fully saturated rings. The zero-order valence-corrected chi connectivity index (χ0v) is 17.8. The third-order valence-corrected chi connectivity index (χ3v) is 6.16. The molecular weight excluding hydrogens is 384 g/mol. The molecule has 2 N–H and O–H groups in total. The van der Waals surface area contributed by atoms with Crippen LogP contribution in [-0.4, -0.2) is 54.1 Å². The molecule has 1 aliphatic rings. The number of anilines is 3. The Bertz CT molecular complexity index is 994. The summed E-state index contributed by atoms with van der Waals surface area (Å²) in [5.74, 6) is 0.840. The van der Waals surface area contributed by atoms with Gasteiger partial charge in [-0.25, -0.2) is 14.8 Å². The first-order valence-electron chi connectivity index (χ1n) is 9.82. The number of piperidine rings is 1. The van der Waals surface area contributed by atoms with Crippen molar-refractivity contribution in [1.82, 2.24) is 20.2 Å². The van der Waals surface area contributed by atoms with Gasteiger partial charge in [0.2, 0.25) is 0 Å². The molecule has 4 rings (SSSR count). The molecule has 0 saturated carbocycles. The van der Waals surface area contributed by atoms with Crippen LogP contribution in [0.25, 0.3) is 10.3 Å². The van der Waals surface area contributed by atoms with Crippen LogP contribution in [0.3, 0.4) is 0 Å². The molecule has 0 spiro atoms. The van der Waals surface area contributed by atoms with Gasteiger partial charge in [-0.3, -0.25) is 5.32 Å². The first kappa shape index (κ1) is 19.6.